The van der Waals surface area contributed by atoms with Crippen LogP contribution in [0.3, 0.4) is 0 Å². The minimum atomic E-state index is -0.358. The van der Waals surface area contributed by atoms with Crippen molar-refractivity contribution < 1.29 is 29.6 Å². The number of methoxy groups -OCH3 is 1. The number of fused-ring (bicyclic) bond motifs is 11. The molecule has 9 nitrogen and oxygen atoms in total. The highest BCUT2D eigenvalue weighted by Crippen LogP contribution is 2.59. The highest BCUT2D eigenvalue weighted by Gasteiger charge is 2.49. The molecule has 0 saturated heterocycles. The number of allylic oxidation sites excluding steroid dienone is 4. The molecule has 0 radical (unpaired) electrons. The fourth-order valence-electron chi connectivity index (χ4n) is 13.3. The Labute approximate surface area is 405 Å². The Bertz CT molecular complexity index is 2450. The van der Waals surface area contributed by atoms with E-state index in [0.717, 1.165) is 98.4 Å². The fraction of sp³-hybridized carbons (Fsp3) is 0.559. The van der Waals surface area contributed by atoms with E-state index >= 15 is 0 Å². The first-order valence-corrected chi connectivity index (χ1v) is 26.1. The van der Waals surface area contributed by atoms with E-state index in [2.05, 4.69) is 67.4 Å². The zero-order valence-corrected chi connectivity index (χ0v) is 40.8. The third kappa shape index (κ3) is 10.4. The summed E-state index contributed by atoms with van der Waals surface area (Å²) < 4.78 is 13.1. The van der Waals surface area contributed by atoms with Gasteiger partial charge in [-0.25, -0.2) is 4.99 Å². The second-order valence-electron chi connectivity index (χ2n) is 21.4. The van der Waals surface area contributed by atoms with Gasteiger partial charge in [-0.15, -0.1) is 0 Å². The number of phenolic OH excluding ortho intramolecular Hbond substituents is 2. The molecule has 8 bridgehead atoms. The van der Waals surface area contributed by atoms with E-state index in [9.17, 15) is 20.1 Å². The maximum atomic E-state index is 13.7. The second-order valence-corrected chi connectivity index (χ2v) is 21.4. The van der Waals surface area contributed by atoms with Crippen LogP contribution in [0.15, 0.2) is 77.3 Å². The van der Waals surface area contributed by atoms with Crippen LogP contribution in [0.25, 0.3) is 0 Å². The summed E-state index contributed by atoms with van der Waals surface area (Å²) in [7, 11) is 1.78. The van der Waals surface area contributed by atoms with E-state index in [1.54, 1.807) is 13.2 Å². The molecule has 0 amide bonds. The molecule has 6 aliphatic rings. The second kappa shape index (κ2) is 21.3. The molecule has 5 aliphatic carbocycles. The standard InChI is InChI=1S/C59H75N3O6/c1-4-38(22-25-63)18-20-46(64)21-19-41-35-54(68-48-15-6-7-16-48)57(66)56-49(41)17-11-14-45-32-43-34-51-50(26-37(2)27-52(51)55(56)53(43)36-67-3)42-29-40(31-47(65)33-42)28-39-12-10-13-44(30-39)59(62-58(60)61-45)23-8-5-9-24-59/h10,12-13,18,20,29-31,33-35,37-38,43,45,48,50,52-53,55,63,65-66H,4-9,14-16,19,21-28,32,36H2,1-3H3,(H3,60,61,62)/b20-18+/t37-,38+,43-,45-,50-,52-,53+,55+/m0/s1. The smallest absolute Gasteiger partial charge is 0.189 e. The third-order valence-electron chi connectivity index (χ3n) is 16.6. The van der Waals surface area contributed by atoms with E-state index in [1.165, 1.54) is 23.1 Å². The molecule has 3 saturated carbocycles. The lowest BCUT2D eigenvalue weighted by atomic mass is 9.55. The average Bonchev–Trinajstić information content (AvgIpc) is 3.84. The van der Waals surface area contributed by atoms with Gasteiger partial charge >= 0.3 is 0 Å². The quantitative estimate of drug-likeness (QED) is 0.0686. The van der Waals surface area contributed by atoms with Crippen LogP contribution in [-0.4, -0.2) is 59.5 Å². The number of hydrogen-bond donors (Lipinski definition) is 5. The van der Waals surface area contributed by atoms with Crippen LogP contribution in [0.2, 0.25) is 0 Å². The average molecular weight is 922 g/mol. The van der Waals surface area contributed by atoms with Gasteiger partial charge in [0.05, 0.1) is 24.3 Å². The third-order valence-corrected chi connectivity index (χ3v) is 16.6. The zero-order valence-electron chi connectivity index (χ0n) is 40.8. The maximum absolute atomic E-state index is 13.7. The lowest BCUT2D eigenvalue weighted by molar-refractivity contribution is -0.114. The van der Waals surface area contributed by atoms with Crippen molar-refractivity contribution in [2.75, 3.05) is 20.3 Å². The number of carbonyl (C=O) groups is 1. The summed E-state index contributed by atoms with van der Waals surface area (Å²) in [4.78, 5) is 19.1. The highest BCUT2D eigenvalue weighted by molar-refractivity contribution is 5.90. The molecule has 1 spiro atoms. The molecule has 9 rings (SSSR count). The number of nitrogens with one attached hydrogen (secondary N) is 1. The van der Waals surface area contributed by atoms with E-state index in [4.69, 9.17) is 20.2 Å². The van der Waals surface area contributed by atoms with E-state index in [-0.39, 0.29) is 83.5 Å². The van der Waals surface area contributed by atoms with Gasteiger partial charge in [-0.1, -0.05) is 93.0 Å². The molecule has 8 atom stereocenters. The number of benzene rings is 3. The molecule has 362 valence electrons. The van der Waals surface area contributed by atoms with Crippen molar-refractivity contribution in [2.24, 2.45) is 40.3 Å². The van der Waals surface area contributed by atoms with Gasteiger partial charge in [-0.3, -0.25) is 4.79 Å². The van der Waals surface area contributed by atoms with Gasteiger partial charge in [0, 0.05) is 49.5 Å². The van der Waals surface area contributed by atoms with E-state index < -0.39 is 0 Å². The lowest BCUT2D eigenvalue weighted by Gasteiger charge is -2.49. The number of ether oxygens (including phenoxy) is 2. The van der Waals surface area contributed by atoms with Crippen molar-refractivity contribution in [2.45, 2.75) is 159 Å². The van der Waals surface area contributed by atoms with Crippen LogP contribution >= 0.6 is 0 Å². The normalized spacial score (nSPS) is 27.0. The van der Waals surface area contributed by atoms with E-state index in [1.807, 2.05) is 24.3 Å². The highest BCUT2D eigenvalue weighted by atomic mass is 16.5. The fourth-order valence-corrected chi connectivity index (χ4v) is 13.3. The largest absolute Gasteiger partial charge is 0.508 e. The monoisotopic (exact) mass is 922 g/mol. The van der Waals surface area contributed by atoms with Gasteiger partial charge in [0.2, 0.25) is 0 Å². The molecular formula is C59H75N3O6. The van der Waals surface area contributed by atoms with Crippen molar-refractivity contribution >= 4 is 11.7 Å². The molecule has 6 N–H and O–H groups in total. The number of aromatic hydroxyl groups is 2. The Kier molecular flexibility index (Phi) is 15.0. The van der Waals surface area contributed by atoms with Crippen molar-refractivity contribution in [3.63, 3.8) is 0 Å². The number of aliphatic hydroxyl groups excluding tert-OH is 1. The van der Waals surface area contributed by atoms with Crippen molar-refractivity contribution in [1.29, 1.82) is 0 Å². The number of nitrogens with zero attached hydrogens (tertiary/aromatic N) is 1. The van der Waals surface area contributed by atoms with Gasteiger partial charge in [-0.05, 0) is 165 Å². The number of aryl methyl sites for hydroxylation is 1. The summed E-state index contributed by atoms with van der Waals surface area (Å²) in [6, 6.07) is 16.9. The van der Waals surface area contributed by atoms with Crippen LogP contribution in [-0.2, 0) is 27.9 Å². The summed E-state index contributed by atoms with van der Waals surface area (Å²) >= 11 is 0. The predicted octanol–water partition coefficient (Wildman–Crippen LogP) is 10.8. The Morgan fingerprint density at radius 3 is 2.63 bits per heavy atom. The molecule has 68 heavy (non-hydrogen) atoms. The van der Waals surface area contributed by atoms with Gasteiger partial charge in [-0.2, -0.15) is 0 Å². The minimum Gasteiger partial charge on any atom is -0.508 e. The van der Waals surface area contributed by atoms with Crippen LogP contribution in [0, 0.1) is 41.4 Å². The molecule has 1 heterocycles. The minimum absolute atomic E-state index is 0.00178. The molecular weight excluding hydrogens is 847 g/mol. The van der Waals surface area contributed by atoms with Crippen LogP contribution in [0.4, 0.5) is 0 Å². The zero-order chi connectivity index (χ0) is 47.4. The molecule has 3 aromatic rings. The van der Waals surface area contributed by atoms with Crippen molar-refractivity contribution in [1.82, 2.24) is 5.32 Å². The molecule has 9 heteroatoms. The number of aliphatic imine (C=N–C) groups is 1. The summed E-state index contributed by atoms with van der Waals surface area (Å²) in [6.07, 6.45) is 21.4. The van der Waals surface area contributed by atoms with Crippen LogP contribution in [0.1, 0.15) is 167 Å². The molecule has 0 unspecified atom stereocenters. The number of phenols is 2. The Morgan fingerprint density at radius 1 is 1.03 bits per heavy atom. The first-order chi connectivity index (χ1) is 33.0. The Balaban J connectivity index is 1.24. The van der Waals surface area contributed by atoms with E-state index in [0.29, 0.717) is 56.3 Å². The maximum Gasteiger partial charge on any atom is 0.189 e. The number of aliphatic hydroxyl groups is 1. The molecule has 3 fully saturated rings. The SMILES string of the molecule is CC[C@H](/C=C/C(=O)CCc1cc(OC2CCCC2)c(O)c2c1C#CC[C@H]1C[C@H]3C=C4[C@@H](C[C@H](C)C[C@@H]4[C@@H]2[C@@H]3COC)c2cc(O)cc(c2)Cc2cccc(c2)C2(CCCCC2)NC(N)=N1)CCO. The summed E-state index contributed by atoms with van der Waals surface area (Å²) in [5.41, 5.74) is 15.2. The first kappa shape index (κ1) is 48.0. The van der Waals surface area contributed by atoms with Gasteiger partial charge < -0.3 is 35.8 Å². The van der Waals surface area contributed by atoms with Crippen molar-refractivity contribution in [3.05, 3.63) is 111 Å². The first-order valence-electron chi connectivity index (χ1n) is 26.1. The Morgan fingerprint density at radius 2 is 1.85 bits per heavy atom. The number of ketones is 1. The molecule has 1 aliphatic heterocycles. The molecule has 0 aromatic heterocycles. The lowest BCUT2D eigenvalue weighted by Crippen LogP contribution is -2.50. The summed E-state index contributed by atoms with van der Waals surface area (Å²) in [5, 5.41) is 37.9. The van der Waals surface area contributed by atoms with Gasteiger partial charge in [0.25, 0.3) is 0 Å². The van der Waals surface area contributed by atoms with Gasteiger partial charge in [0.1, 0.15) is 5.75 Å². The number of hydrogen-bond acceptors (Lipinski definition) is 9. The summed E-state index contributed by atoms with van der Waals surface area (Å²) in [6.45, 7) is 4.98. The summed E-state index contributed by atoms with van der Waals surface area (Å²) in [5.74, 6) is 8.99. The number of guanidine groups is 1. The van der Waals surface area contributed by atoms with Crippen LogP contribution < -0.4 is 15.8 Å². The van der Waals surface area contributed by atoms with Gasteiger partial charge in [0.15, 0.2) is 23.2 Å². The predicted molar refractivity (Wildman–Crippen MR) is 270 cm³/mol. The molecule has 3 aromatic carbocycles. The van der Waals surface area contributed by atoms with Crippen molar-refractivity contribution in [3.8, 4) is 29.1 Å². The number of rotatable bonds is 12. The number of nitrogens with two attached hydrogens (primary N) is 1. The van der Waals surface area contributed by atoms with Crippen LogP contribution in [0.5, 0.6) is 17.2 Å². The number of carbonyl (C=O) groups excluding carboxylic acids is 1. The topological polar surface area (TPSA) is 147 Å². The Hall–Kier alpha value is -5.04.